The van der Waals surface area contributed by atoms with Gasteiger partial charge in [0.1, 0.15) is 0 Å². The molecule has 5 aliphatic rings. The van der Waals surface area contributed by atoms with E-state index in [0.717, 1.165) is 60.8 Å². The lowest BCUT2D eigenvalue weighted by Gasteiger charge is -2.59. The van der Waals surface area contributed by atoms with Gasteiger partial charge in [0.15, 0.2) is 0 Å². The van der Waals surface area contributed by atoms with Gasteiger partial charge in [-0.2, -0.15) is 0 Å². The van der Waals surface area contributed by atoms with Crippen LogP contribution in [0.1, 0.15) is 49.4 Å². The van der Waals surface area contributed by atoms with Crippen molar-refractivity contribution >= 4 is 28.9 Å². The van der Waals surface area contributed by atoms with E-state index in [1.807, 2.05) is 4.57 Å². The van der Waals surface area contributed by atoms with E-state index in [0.29, 0.717) is 5.92 Å². The van der Waals surface area contributed by atoms with Crippen molar-refractivity contribution in [2.45, 2.75) is 44.6 Å². The van der Waals surface area contributed by atoms with Crippen molar-refractivity contribution in [2.24, 2.45) is 28.9 Å². The van der Waals surface area contributed by atoms with Crippen LogP contribution in [0.25, 0.3) is 17.1 Å². The molecule has 8 nitrogen and oxygen atoms in total. The number of nitrogens with zero attached hydrogens (tertiary/aromatic N) is 2. The molecule has 8 heteroatoms. The average molecular weight is 407 g/mol. The number of H-pyrrole nitrogens is 1. The summed E-state index contributed by atoms with van der Waals surface area (Å²) < 4.78 is 1.98. The van der Waals surface area contributed by atoms with E-state index < -0.39 is 11.3 Å². The first-order chi connectivity index (χ1) is 14.4. The fourth-order valence-electron chi connectivity index (χ4n) is 7.15. The van der Waals surface area contributed by atoms with E-state index in [2.05, 4.69) is 27.4 Å². The fraction of sp³-hybridized carbons (Fsp3) is 0.545. The van der Waals surface area contributed by atoms with Crippen molar-refractivity contribution in [3.63, 3.8) is 0 Å². The van der Waals surface area contributed by atoms with E-state index in [1.54, 1.807) is 6.20 Å². The zero-order valence-electron chi connectivity index (χ0n) is 16.7. The van der Waals surface area contributed by atoms with Crippen LogP contribution in [0, 0.1) is 23.2 Å². The van der Waals surface area contributed by atoms with Crippen LogP contribution in [0.3, 0.4) is 0 Å². The first-order valence-electron chi connectivity index (χ1n) is 10.8. The number of aromatic amines is 1. The lowest BCUT2D eigenvalue weighted by molar-refractivity contribution is -0.152. The third-order valence-electron chi connectivity index (χ3n) is 7.89. The number of nitrogens with one attached hydrogen (secondary N) is 2. The summed E-state index contributed by atoms with van der Waals surface area (Å²) in [6, 6.07) is 0.0976. The second-order valence-corrected chi connectivity index (χ2v) is 9.68. The summed E-state index contributed by atoms with van der Waals surface area (Å²) >= 11 is 0. The number of fused-ring (bicyclic) bond motifs is 3. The van der Waals surface area contributed by atoms with Gasteiger partial charge in [-0.3, -0.25) is 19.1 Å². The maximum absolute atomic E-state index is 13.1. The van der Waals surface area contributed by atoms with Gasteiger partial charge in [-0.25, -0.2) is 4.79 Å². The molecule has 156 valence electrons. The van der Waals surface area contributed by atoms with Gasteiger partial charge >= 0.3 is 5.69 Å². The van der Waals surface area contributed by atoms with Crippen LogP contribution in [0.5, 0.6) is 0 Å². The van der Waals surface area contributed by atoms with Gasteiger partial charge in [0.05, 0.1) is 34.9 Å². The highest BCUT2D eigenvalue weighted by atomic mass is 16.2. The van der Waals surface area contributed by atoms with Crippen molar-refractivity contribution < 1.29 is 9.59 Å². The zero-order chi connectivity index (χ0) is 20.6. The number of carbonyl (C=O) groups excluding carboxylic acids is 2. The van der Waals surface area contributed by atoms with Gasteiger partial charge in [0.25, 0.3) is 0 Å². The monoisotopic (exact) mass is 407 g/mol. The number of allylic oxidation sites excluding steroid dienone is 1. The van der Waals surface area contributed by atoms with Gasteiger partial charge in [-0.1, -0.05) is 12.2 Å². The van der Waals surface area contributed by atoms with E-state index in [4.69, 9.17) is 5.73 Å². The van der Waals surface area contributed by atoms with Gasteiger partial charge in [-0.15, -0.1) is 0 Å². The van der Waals surface area contributed by atoms with Crippen molar-refractivity contribution in [1.29, 1.82) is 0 Å². The van der Waals surface area contributed by atoms with Gasteiger partial charge in [-0.05, 0) is 49.9 Å². The fourth-order valence-corrected chi connectivity index (χ4v) is 7.15. The Morgan fingerprint density at radius 3 is 2.77 bits per heavy atom. The molecule has 4 bridgehead atoms. The number of imidazole rings is 1. The highest BCUT2D eigenvalue weighted by Crippen LogP contribution is 2.63. The van der Waals surface area contributed by atoms with Crippen LogP contribution in [0.4, 0.5) is 0 Å². The number of rotatable bonds is 4. The minimum absolute atomic E-state index is 0.0431. The van der Waals surface area contributed by atoms with Crippen LogP contribution in [0.2, 0.25) is 0 Å². The Morgan fingerprint density at radius 1 is 1.27 bits per heavy atom. The first-order valence-corrected chi connectivity index (χ1v) is 10.8. The Bertz CT molecular complexity index is 1160. The van der Waals surface area contributed by atoms with E-state index in [9.17, 15) is 14.4 Å². The Kier molecular flexibility index (Phi) is 3.62. The maximum Gasteiger partial charge on any atom is 0.326 e. The number of aromatic nitrogens is 3. The number of pyridine rings is 1. The predicted molar refractivity (Wildman–Crippen MR) is 110 cm³/mol. The molecular formula is C22H25N5O3. The van der Waals surface area contributed by atoms with Crippen LogP contribution >= 0.6 is 0 Å². The minimum Gasteiger partial charge on any atom is -0.368 e. The molecule has 5 aliphatic carbocycles. The van der Waals surface area contributed by atoms with E-state index in [1.165, 1.54) is 0 Å². The van der Waals surface area contributed by atoms with Gasteiger partial charge < -0.3 is 16.0 Å². The Balaban J connectivity index is 1.40. The van der Waals surface area contributed by atoms with Crippen LogP contribution in [0.15, 0.2) is 17.1 Å². The van der Waals surface area contributed by atoms with Crippen molar-refractivity contribution in [3.8, 4) is 0 Å². The van der Waals surface area contributed by atoms with Crippen LogP contribution in [-0.2, 0) is 16.0 Å². The largest absolute Gasteiger partial charge is 0.368 e. The van der Waals surface area contributed by atoms with E-state index >= 15 is 0 Å². The Labute approximate surface area is 172 Å². The molecule has 2 amide bonds. The van der Waals surface area contributed by atoms with Crippen molar-refractivity contribution in [3.05, 3.63) is 34.0 Å². The molecule has 30 heavy (non-hydrogen) atoms. The number of nitrogens with two attached hydrogens (primary N) is 1. The van der Waals surface area contributed by atoms with Gasteiger partial charge in [0, 0.05) is 18.0 Å². The van der Waals surface area contributed by atoms with Crippen molar-refractivity contribution in [1.82, 2.24) is 19.9 Å². The third-order valence-corrected chi connectivity index (χ3v) is 7.89. The Hall–Kier alpha value is -2.90. The molecule has 2 aromatic heterocycles. The smallest absolute Gasteiger partial charge is 0.326 e. The molecule has 4 N–H and O–H groups in total. The first kappa shape index (κ1) is 17.9. The molecule has 0 radical (unpaired) electrons. The lowest BCUT2D eigenvalue weighted by Crippen LogP contribution is -2.58. The molecule has 0 aliphatic heterocycles. The van der Waals surface area contributed by atoms with Crippen LogP contribution in [-0.4, -0.2) is 32.9 Å². The van der Waals surface area contributed by atoms with E-state index in [-0.39, 0.29) is 36.0 Å². The SMILES string of the molecule is NC(=O)CNC(=O)C12CC3CC(C1)C(n1c(=O)[nH]c4cnc5c(c41)C=CC5)C(C3)C2. The summed E-state index contributed by atoms with van der Waals surface area (Å²) in [4.78, 5) is 44.8. The number of carbonyl (C=O) groups is 2. The molecule has 2 aromatic rings. The number of hydrogen-bond acceptors (Lipinski definition) is 4. The quantitative estimate of drug-likeness (QED) is 0.706. The maximum atomic E-state index is 13.1. The Morgan fingerprint density at radius 2 is 2.03 bits per heavy atom. The predicted octanol–water partition coefficient (Wildman–Crippen LogP) is 1.26. The summed E-state index contributed by atoms with van der Waals surface area (Å²) in [6.07, 6.45) is 11.2. The normalized spacial score (nSPS) is 33.2. The molecular weight excluding hydrogens is 382 g/mol. The summed E-state index contributed by atoms with van der Waals surface area (Å²) in [5.74, 6) is 0.500. The summed E-state index contributed by atoms with van der Waals surface area (Å²) in [5.41, 5.74) is 8.53. The summed E-state index contributed by atoms with van der Waals surface area (Å²) in [6.45, 7) is -0.114. The molecule has 0 aromatic carbocycles. The molecule has 0 saturated heterocycles. The second kappa shape index (κ2) is 6.06. The van der Waals surface area contributed by atoms with Crippen LogP contribution < -0.4 is 16.7 Å². The molecule has 2 atom stereocenters. The molecule has 4 saturated carbocycles. The minimum atomic E-state index is -0.521. The summed E-state index contributed by atoms with van der Waals surface area (Å²) in [5, 5.41) is 2.76. The standard InChI is InChI=1S/C22H25N5O3/c23-17(28)10-25-20(29)22-6-11-4-12(7-22)18(13(5-11)8-22)27-19-14-2-1-3-15(14)24-9-16(19)26-21(27)30/h1-2,9,11-13,18H,3-8,10H2,(H2,23,28)(H,25,29)(H,26,30). The number of primary amides is 1. The molecule has 4 fully saturated rings. The molecule has 2 heterocycles. The lowest BCUT2D eigenvalue weighted by atomic mass is 9.47. The topological polar surface area (TPSA) is 123 Å². The second-order valence-electron chi connectivity index (χ2n) is 9.68. The number of amides is 2. The highest BCUT2D eigenvalue weighted by molar-refractivity contribution is 5.88. The summed E-state index contributed by atoms with van der Waals surface area (Å²) in [7, 11) is 0. The molecule has 7 rings (SSSR count). The van der Waals surface area contributed by atoms with Gasteiger partial charge in [0.2, 0.25) is 11.8 Å². The molecule has 0 spiro atoms. The van der Waals surface area contributed by atoms with Crippen molar-refractivity contribution in [2.75, 3.05) is 6.54 Å². The average Bonchev–Trinajstić information content (AvgIpc) is 3.29. The molecule has 2 unspecified atom stereocenters. The highest BCUT2D eigenvalue weighted by Gasteiger charge is 2.59. The number of hydrogen-bond donors (Lipinski definition) is 3. The zero-order valence-corrected chi connectivity index (χ0v) is 16.7. The third kappa shape index (κ3) is 2.39.